The number of likely N-dealkylation sites (N-methyl/N-ethyl adjacent to an activating group) is 1. The molecule has 1 aromatic rings. The summed E-state index contributed by atoms with van der Waals surface area (Å²) in [6, 6.07) is 7.49. The zero-order valence-corrected chi connectivity index (χ0v) is 11.7. The van der Waals surface area contributed by atoms with E-state index in [2.05, 4.69) is 4.74 Å². The van der Waals surface area contributed by atoms with Gasteiger partial charge in [0.2, 0.25) is 0 Å². The van der Waals surface area contributed by atoms with Gasteiger partial charge in [-0.25, -0.2) is 0 Å². The number of carbonyl (C=O) groups is 2. The second kappa shape index (κ2) is 6.38. The van der Waals surface area contributed by atoms with E-state index in [4.69, 9.17) is 4.74 Å². The monoisotopic (exact) mass is 278 g/mol. The zero-order valence-electron chi connectivity index (χ0n) is 11.7. The lowest BCUT2D eigenvalue weighted by atomic mass is 10.2. The molecule has 1 heterocycles. The van der Waals surface area contributed by atoms with E-state index in [-0.39, 0.29) is 25.0 Å². The Hall–Kier alpha value is -2.08. The van der Waals surface area contributed by atoms with Crippen LogP contribution in [0.3, 0.4) is 0 Å². The van der Waals surface area contributed by atoms with E-state index in [9.17, 15) is 9.59 Å². The van der Waals surface area contributed by atoms with E-state index in [1.807, 2.05) is 31.3 Å². The molecule has 20 heavy (non-hydrogen) atoms. The summed E-state index contributed by atoms with van der Waals surface area (Å²) in [4.78, 5) is 26.4. The summed E-state index contributed by atoms with van der Waals surface area (Å²) in [5.41, 5.74) is 1.73. The van der Waals surface area contributed by atoms with Gasteiger partial charge in [0.25, 0.3) is 5.91 Å². The molecule has 1 saturated heterocycles. The highest BCUT2D eigenvalue weighted by Gasteiger charge is 2.20. The van der Waals surface area contributed by atoms with Gasteiger partial charge in [-0.1, -0.05) is 0 Å². The number of nitrogens with zero attached hydrogens (tertiary/aromatic N) is 2. The molecule has 1 aliphatic rings. The summed E-state index contributed by atoms with van der Waals surface area (Å²) in [6.07, 6.45) is 0. The highest BCUT2D eigenvalue weighted by Crippen LogP contribution is 2.21. The predicted octanol–water partition coefficient (Wildman–Crippen LogP) is 0.659. The molecule has 0 spiro atoms. The maximum absolute atomic E-state index is 11.7. The van der Waals surface area contributed by atoms with Gasteiger partial charge in [-0.3, -0.25) is 9.59 Å². The Morgan fingerprint density at radius 1 is 1.40 bits per heavy atom. The molecule has 0 aliphatic carbocycles. The number of anilines is 2. The smallest absolute Gasteiger partial charge is 0.325 e. The third-order valence-electron chi connectivity index (χ3n) is 3.18. The minimum absolute atomic E-state index is 0.0353. The predicted molar refractivity (Wildman–Crippen MR) is 74.9 cm³/mol. The van der Waals surface area contributed by atoms with Gasteiger partial charge in [0.1, 0.15) is 13.2 Å². The molecule has 1 aromatic carbocycles. The molecular formula is C14H18N2O4. The Labute approximate surface area is 117 Å². The summed E-state index contributed by atoms with van der Waals surface area (Å²) in [6.45, 7) is 1.43. The lowest BCUT2D eigenvalue weighted by molar-refractivity contribution is -0.138. The molecular weight excluding hydrogens is 260 g/mol. The molecule has 6 heteroatoms. The van der Waals surface area contributed by atoms with Crippen LogP contribution in [0.5, 0.6) is 0 Å². The molecule has 0 atom stereocenters. The van der Waals surface area contributed by atoms with Gasteiger partial charge < -0.3 is 19.3 Å². The van der Waals surface area contributed by atoms with Gasteiger partial charge in [-0.15, -0.1) is 0 Å². The number of methoxy groups -OCH3 is 1. The van der Waals surface area contributed by atoms with Crippen LogP contribution < -0.4 is 9.80 Å². The van der Waals surface area contributed by atoms with Crippen LogP contribution in [-0.4, -0.2) is 52.3 Å². The lowest BCUT2D eigenvalue weighted by Gasteiger charge is -2.27. The fourth-order valence-corrected chi connectivity index (χ4v) is 2.03. The van der Waals surface area contributed by atoms with Crippen molar-refractivity contribution in [2.75, 3.05) is 50.3 Å². The van der Waals surface area contributed by atoms with Crippen LogP contribution in [0.25, 0.3) is 0 Å². The third-order valence-corrected chi connectivity index (χ3v) is 3.18. The van der Waals surface area contributed by atoms with Crippen molar-refractivity contribution < 1.29 is 19.1 Å². The molecule has 0 unspecified atom stereocenters. The van der Waals surface area contributed by atoms with Gasteiger partial charge in [0, 0.05) is 25.0 Å². The van der Waals surface area contributed by atoms with Crippen molar-refractivity contribution >= 4 is 23.3 Å². The third kappa shape index (κ3) is 3.27. The summed E-state index contributed by atoms with van der Waals surface area (Å²) in [5, 5.41) is 0. The van der Waals surface area contributed by atoms with E-state index in [1.54, 1.807) is 9.80 Å². The Kier molecular flexibility index (Phi) is 4.57. The first-order valence-corrected chi connectivity index (χ1v) is 6.38. The number of esters is 1. The minimum Gasteiger partial charge on any atom is -0.468 e. The molecule has 0 N–H and O–H groups in total. The van der Waals surface area contributed by atoms with Gasteiger partial charge in [0.05, 0.1) is 13.7 Å². The molecule has 108 valence electrons. The van der Waals surface area contributed by atoms with Crippen LogP contribution in [-0.2, 0) is 19.1 Å². The summed E-state index contributed by atoms with van der Waals surface area (Å²) < 4.78 is 9.73. The van der Waals surface area contributed by atoms with Crippen LogP contribution in [0.1, 0.15) is 0 Å². The van der Waals surface area contributed by atoms with E-state index in [0.717, 1.165) is 11.4 Å². The van der Waals surface area contributed by atoms with Crippen molar-refractivity contribution in [2.24, 2.45) is 0 Å². The molecule has 0 aromatic heterocycles. The maximum Gasteiger partial charge on any atom is 0.325 e. The van der Waals surface area contributed by atoms with Crippen LogP contribution in [0.15, 0.2) is 24.3 Å². The second-order valence-electron chi connectivity index (χ2n) is 4.55. The van der Waals surface area contributed by atoms with Crippen molar-refractivity contribution in [1.82, 2.24) is 0 Å². The Bertz CT molecular complexity index is 486. The van der Waals surface area contributed by atoms with Crippen LogP contribution in [0, 0.1) is 0 Å². The zero-order chi connectivity index (χ0) is 14.5. The number of carbonyl (C=O) groups excluding carboxylic acids is 2. The average Bonchev–Trinajstić information content (AvgIpc) is 2.47. The van der Waals surface area contributed by atoms with Crippen LogP contribution in [0.2, 0.25) is 0 Å². The SMILES string of the molecule is COC(=O)CN(C)c1ccc(N2CCOCC2=O)cc1. The fourth-order valence-electron chi connectivity index (χ4n) is 2.03. The number of rotatable bonds is 4. The average molecular weight is 278 g/mol. The second-order valence-corrected chi connectivity index (χ2v) is 4.55. The van der Waals surface area contributed by atoms with Crippen molar-refractivity contribution in [3.8, 4) is 0 Å². The van der Waals surface area contributed by atoms with Gasteiger partial charge in [-0.05, 0) is 24.3 Å². The summed E-state index contributed by atoms with van der Waals surface area (Å²) in [5.74, 6) is -0.327. The number of hydrogen-bond donors (Lipinski definition) is 0. The van der Waals surface area contributed by atoms with E-state index < -0.39 is 0 Å². The molecule has 0 saturated carbocycles. The van der Waals surface area contributed by atoms with Crippen molar-refractivity contribution in [2.45, 2.75) is 0 Å². The highest BCUT2D eigenvalue weighted by molar-refractivity contribution is 5.95. The largest absolute Gasteiger partial charge is 0.468 e. The standard InChI is InChI=1S/C14H18N2O4/c1-15(9-14(18)19-2)11-3-5-12(6-4-11)16-7-8-20-10-13(16)17/h3-6H,7-10H2,1-2H3. The Morgan fingerprint density at radius 2 is 2.10 bits per heavy atom. The Morgan fingerprint density at radius 3 is 2.70 bits per heavy atom. The molecule has 1 amide bonds. The first-order chi connectivity index (χ1) is 9.61. The summed E-state index contributed by atoms with van der Waals surface area (Å²) >= 11 is 0. The fraction of sp³-hybridized carbons (Fsp3) is 0.429. The van der Waals surface area contributed by atoms with Crippen molar-refractivity contribution in [3.63, 3.8) is 0 Å². The molecule has 2 rings (SSSR count). The highest BCUT2D eigenvalue weighted by atomic mass is 16.5. The van der Waals surface area contributed by atoms with E-state index in [1.165, 1.54) is 7.11 Å². The number of morpholine rings is 1. The quantitative estimate of drug-likeness (QED) is 0.757. The first-order valence-electron chi connectivity index (χ1n) is 6.38. The molecule has 0 radical (unpaired) electrons. The van der Waals surface area contributed by atoms with Crippen molar-refractivity contribution in [3.05, 3.63) is 24.3 Å². The summed E-state index contributed by atoms with van der Waals surface area (Å²) in [7, 11) is 3.18. The first kappa shape index (κ1) is 14.3. The van der Waals surface area contributed by atoms with Crippen LogP contribution in [0.4, 0.5) is 11.4 Å². The lowest BCUT2D eigenvalue weighted by Crippen LogP contribution is -2.41. The molecule has 6 nitrogen and oxygen atoms in total. The number of ether oxygens (including phenoxy) is 2. The van der Waals surface area contributed by atoms with E-state index in [0.29, 0.717) is 13.2 Å². The van der Waals surface area contributed by atoms with Gasteiger partial charge in [0.15, 0.2) is 0 Å². The molecule has 1 aliphatic heterocycles. The van der Waals surface area contributed by atoms with Gasteiger partial charge in [-0.2, -0.15) is 0 Å². The van der Waals surface area contributed by atoms with E-state index >= 15 is 0 Å². The normalized spacial score (nSPS) is 15.1. The van der Waals surface area contributed by atoms with Gasteiger partial charge >= 0.3 is 5.97 Å². The number of hydrogen-bond acceptors (Lipinski definition) is 5. The topological polar surface area (TPSA) is 59.1 Å². The van der Waals surface area contributed by atoms with Crippen molar-refractivity contribution in [1.29, 1.82) is 0 Å². The molecule has 0 bridgehead atoms. The Balaban J connectivity index is 2.05. The van der Waals surface area contributed by atoms with Crippen LogP contribution >= 0.6 is 0 Å². The number of benzene rings is 1. The maximum atomic E-state index is 11.7. The molecule has 1 fully saturated rings. The number of amides is 1. The minimum atomic E-state index is -0.292.